The Morgan fingerprint density at radius 2 is 1.16 bits per heavy atom. The van der Waals surface area contributed by atoms with Crippen LogP contribution in [0.5, 0.6) is 0 Å². The van der Waals surface area contributed by atoms with Gasteiger partial charge in [0, 0.05) is 48.5 Å². The van der Waals surface area contributed by atoms with Crippen LogP contribution in [-0.4, -0.2) is 14.5 Å². The second kappa shape index (κ2) is 15.3. The maximum Gasteiger partial charge on any atom is 0.0541 e. The third-order valence-corrected chi connectivity index (χ3v) is 8.83. The van der Waals surface area contributed by atoms with Gasteiger partial charge in [0.2, 0.25) is 0 Å². The van der Waals surface area contributed by atoms with E-state index in [-0.39, 0.29) is 20.1 Å². The van der Waals surface area contributed by atoms with Crippen molar-refractivity contribution in [2.75, 3.05) is 0 Å². The third kappa shape index (κ3) is 7.20. The molecule has 0 fully saturated rings. The smallest absolute Gasteiger partial charge is 0.0541 e. The molecule has 0 aliphatic heterocycles. The monoisotopic (exact) mass is 832 g/mol. The molecule has 247 valence electrons. The fourth-order valence-corrected chi connectivity index (χ4v) is 6.45. The fourth-order valence-electron chi connectivity index (χ4n) is 6.45. The standard InChI is InChI=1S/C35H23N2.C12H10N.Ir/c1-2-14-30(15-3-1)37-34-18-5-4-16-31(34)32-24-28(19-20-35(32)37)26-11-8-10-25(22-26)27-12-9-13-29(23-27)33-17-6-7-21-36-33;1-10-6-5-9-12(13-10)11-7-3-2-4-8-11;/h1-12,14-24H;2-7,9H,1H3;/q2*-1;. The molecule has 51 heavy (non-hydrogen) atoms. The first-order valence-corrected chi connectivity index (χ1v) is 16.7. The van der Waals surface area contributed by atoms with Gasteiger partial charge in [-0.1, -0.05) is 84.9 Å². The van der Waals surface area contributed by atoms with Gasteiger partial charge in [0.05, 0.1) is 11.0 Å². The van der Waals surface area contributed by atoms with Crippen LogP contribution in [0.4, 0.5) is 0 Å². The molecule has 0 aliphatic carbocycles. The zero-order valence-electron chi connectivity index (χ0n) is 28.0. The Bertz CT molecular complexity index is 2540. The van der Waals surface area contributed by atoms with Gasteiger partial charge in [0.15, 0.2) is 0 Å². The van der Waals surface area contributed by atoms with Crippen LogP contribution in [0.1, 0.15) is 5.69 Å². The van der Waals surface area contributed by atoms with Crippen LogP contribution in [0.25, 0.3) is 72.3 Å². The quantitative estimate of drug-likeness (QED) is 0.162. The number of hydrogen-bond acceptors (Lipinski definition) is 2. The predicted octanol–water partition coefficient (Wildman–Crippen LogP) is 11.8. The molecule has 3 aromatic heterocycles. The summed E-state index contributed by atoms with van der Waals surface area (Å²) in [5, 5.41) is 2.52. The van der Waals surface area contributed by atoms with E-state index in [1.807, 2.05) is 79.9 Å². The van der Waals surface area contributed by atoms with E-state index in [1.54, 1.807) is 0 Å². The molecule has 0 saturated carbocycles. The van der Waals surface area contributed by atoms with Crippen molar-refractivity contribution in [3.63, 3.8) is 0 Å². The molecule has 0 bridgehead atoms. The van der Waals surface area contributed by atoms with Crippen LogP contribution < -0.4 is 0 Å². The van der Waals surface area contributed by atoms with Gasteiger partial charge in [0.1, 0.15) is 0 Å². The van der Waals surface area contributed by atoms with Crippen molar-refractivity contribution in [2.45, 2.75) is 6.92 Å². The van der Waals surface area contributed by atoms with Crippen molar-refractivity contribution in [3.05, 3.63) is 200 Å². The van der Waals surface area contributed by atoms with Gasteiger partial charge in [-0.15, -0.1) is 71.3 Å². The van der Waals surface area contributed by atoms with Gasteiger partial charge < -0.3 is 14.5 Å². The summed E-state index contributed by atoms with van der Waals surface area (Å²) < 4.78 is 2.35. The van der Waals surface area contributed by atoms with Crippen molar-refractivity contribution in [2.24, 2.45) is 0 Å². The molecule has 0 amide bonds. The minimum Gasteiger partial charge on any atom is -0.309 e. The van der Waals surface area contributed by atoms with Gasteiger partial charge in [-0.25, -0.2) is 0 Å². The van der Waals surface area contributed by atoms with Crippen LogP contribution >= 0.6 is 0 Å². The van der Waals surface area contributed by atoms with E-state index in [0.717, 1.165) is 33.8 Å². The number of benzene rings is 6. The van der Waals surface area contributed by atoms with E-state index >= 15 is 0 Å². The van der Waals surface area contributed by atoms with Crippen LogP contribution in [0.3, 0.4) is 0 Å². The van der Waals surface area contributed by atoms with Crippen molar-refractivity contribution in [3.8, 4) is 50.5 Å². The van der Waals surface area contributed by atoms with Crippen molar-refractivity contribution >= 4 is 21.8 Å². The molecule has 0 spiro atoms. The maximum atomic E-state index is 4.49. The molecular formula is C47H33IrN3-2. The number of rotatable bonds is 5. The Morgan fingerprint density at radius 1 is 0.471 bits per heavy atom. The number of nitrogens with zero attached hydrogens (tertiary/aromatic N) is 3. The van der Waals surface area contributed by atoms with E-state index in [2.05, 4.69) is 136 Å². The first-order chi connectivity index (χ1) is 24.7. The van der Waals surface area contributed by atoms with E-state index in [0.29, 0.717) is 0 Å². The molecule has 1 radical (unpaired) electrons. The summed E-state index contributed by atoms with van der Waals surface area (Å²) >= 11 is 0. The second-order valence-corrected chi connectivity index (χ2v) is 12.1. The number of aromatic nitrogens is 3. The third-order valence-electron chi connectivity index (χ3n) is 8.83. The molecule has 0 saturated heterocycles. The summed E-state index contributed by atoms with van der Waals surface area (Å²) in [6, 6.07) is 67.4. The molecule has 3 nitrogen and oxygen atoms in total. The molecular weight excluding hydrogens is 799 g/mol. The van der Waals surface area contributed by atoms with Gasteiger partial charge in [0.25, 0.3) is 0 Å². The van der Waals surface area contributed by atoms with Crippen LogP contribution in [-0.2, 0) is 20.1 Å². The maximum absolute atomic E-state index is 4.49. The van der Waals surface area contributed by atoms with Crippen LogP contribution in [0.2, 0.25) is 0 Å². The first-order valence-electron chi connectivity index (χ1n) is 16.7. The summed E-state index contributed by atoms with van der Waals surface area (Å²) in [5.74, 6) is 0. The molecule has 4 heteroatoms. The molecule has 6 aromatic carbocycles. The summed E-state index contributed by atoms with van der Waals surface area (Å²) in [6.45, 7) is 1.99. The molecule has 0 N–H and O–H groups in total. The minimum atomic E-state index is 0. The van der Waals surface area contributed by atoms with Crippen molar-refractivity contribution < 1.29 is 20.1 Å². The summed E-state index contributed by atoms with van der Waals surface area (Å²) in [4.78, 5) is 8.91. The molecule has 9 rings (SSSR count). The number of aryl methyl sites for hydroxylation is 1. The largest absolute Gasteiger partial charge is 0.309 e. The molecule has 0 aliphatic rings. The minimum absolute atomic E-state index is 0. The Labute approximate surface area is 312 Å². The van der Waals surface area contributed by atoms with Crippen molar-refractivity contribution in [1.82, 2.24) is 14.5 Å². The van der Waals surface area contributed by atoms with Crippen molar-refractivity contribution in [1.29, 1.82) is 0 Å². The SMILES string of the molecule is Cc1cccc(-c2[c-]cccc2)n1.[Ir].[c-]1ccc(-c2cccc(-c3ccc4c(c3)c3ccccc3n4-c3ccccc3)c2)cc1-c1ccccn1. The Hall–Kier alpha value is -5.93. The average molecular weight is 832 g/mol. The van der Waals surface area contributed by atoms with Gasteiger partial charge in [-0.3, -0.25) is 0 Å². The van der Waals surface area contributed by atoms with E-state index < -0.39 is 0 Å². The molecule has 3 heterocycles. The number of para-hydroxylation sites is 2. The fraction of sp³-hybridized carbons (Fsp3) is 0.0213. The Morgan fingerprint density at radius 3 is 1.94 bits per heavy atom. The Kier molecular flexibility index (Phi) is 10.1. The normalized spacial score (nSPS) is 10.7. The van der Waals surface area contributed by atoms with Crippen LogP contribution in [0.15, 0.2) is 182 Å². The zero-order valence-corrected chi connectivity index (χ0v) is 30.4. The topological polar surface area (TPSA) is 30.7 Å². The second-order valence-electron chi connectivity index (χ2n) is 12.1. The number of fused-ring (bicyclic) bond motifs is 3. The van der Waals surface area contributed by atoms with Gasteiger partial charge in [-0.05, 0) is 83.5 Å². The first kappa shape index (κ1) is 33.6. The molecule has 9 aromatic rings. The van der Waals surface area contributed by atoms with Crippen LogP contribution in [0, 0.1) is 19.1 Å². The number of pyridine rings is 2. The average Bonchev–Trinajstić information content (AvgIpc) is 3.53. The summed E-state index contributed by atoms with van der Waals surface area (Å²) in [5.41, 5.74) is 13.3. The predicted molar refractivity (Wildman–Crippen MR) is 207 cm³/mol. The van der Waals surface area contributed by atoms with Gasteiger partial charge >= 0.3 is 0 Å². The number of hydrogen-bond donors (Lipinski definition) is 0. The summed E-state index contributed by atoms with van der Waals surface area (Å²) in [6.07, 6.45) is 1.82. The summed E-state index contributed by atoms with van der Waals surface area (Å²) in [7, 11) is 0. The zero-order chi connectivity index (χ0) is 33.7. The van der Waals surface area contributed by atoms with E-state index in [1.165, 1.54) is 44.2 Å². The molecule has 0 unspecified atom stereocenters. The Balaban J connectivity index is 0.000000245. The van der Waals surface area contributed by atoms with E-state index in [4.69, 9.17) is 0 Å². The molecule has 0 atom stereocenters. The van der Waals surface area contributed by atoms with Gasteiger partial charge in [-0.2, -0.15) is 0 Å². The van der Waals surface area contributed by atoms with E-state index in [9.17, 15) is 0 Å².